The highest BCUT2D eigenvalue weighted by molar-refractivity contribution is 6.06. The first-order chi connectivity index (χ1) is 25.6. The summed E-state index contributed by atoms with van der Waals surface area (Å²) in [6.07, 6.45) is 9.34. The summed E-state index contributed by atoms with van der Waals surface area (Å²) in [4.78, 5) is 38.8. The number of likely N-dealkylation sites (tertiary alicyclic amines) is 1. The predicted octanol–water partition coefficient (Wildman–Crippen LogP) is 8.49. The Morgan fingerprint density at radius 2 is 1.17 bits per heavy atom. The average molecular weight is 727 g/mol. The second kappa shape index (κ2) is 20.8. The third-order valence-corrected chi connectivity index (χ3v) is 9.85. The first-order valence-electron chi connectivity index (χ1n) is 19.7. The quantitative estimate of drug-likeness (QED) is 0.0862. The molecule has 4 aromatic rings. The van der Waals surface area contributed by atoms with Crippen molar-refractivity contribution in [2.24, 2.45) is 0 Å². The van der Waals surface area contributed by atoms with E-state index in [1.165, 1.54) is 37.9 Å². The van der Waals surface area contributed by atoms with Gasteiger partial charge in [-0.25, -0.2) is 9.59 Å². The Balaban J connectivity index is 0.000000237. The molecule has 2 aromatic carbocycles. The molecular weight excluding hydrogens is 665 g/mol. The number of aromatic nitrogens is 2. The van der Waals surface area contributed by atoms with Gasteiger partial charge in [-0.3, -0.25) is 9.97 Å². The zero-order valence-electron chi connectivity index (χ0n) is 33.5. The second-order valence-electron chi connectivity index (χ2n) is 14.0. The van der Waals surface area contributed by atoms with Crippen LogP contribution in [0.2, 0.25) is 0 Å². The molecule has 10 nitrogen and oxygen atoms in total. The Bertz CT molecular complexity index is 1820. The van der Waals surface area contributed by atoms with E-state index in [0.717, 1.165) is 102 Å². The molecule has 1 fully saturated rings. The maximum atomic E-state index is 12.4. The van der Waals surface area contributed by atoms with E-state index in [2.05, 4.69) is 96.2 Å². The van der Waals surface area contributed by atoms with Crippen molar-refractivity contribution in [1.82, 2.24) is 19.8 Å². The van der Waals surface area contributed by atoms with Crippen LogP contribution in [0.15, 0.2) is 36.7 Å². The minimum atomic E-state index is -0.327. The predicted molar refractivity (Wildman–Crippen MR) is 219 cm³/mol. The van der Waals surface area contributed by atoms with Gasteiger partial charge < -0.3 is 29.9 Å². The van der Waals surface area contributed by atoms with E-state index in [1.807, 2.05) is 13.8 Å². The molecule has 2 aromatic heterocycles. The van der Waals surface area contributed by atoms with Crippen LogP contribution >= 0.6 is 0 Å². The molecule has 0 atom stereocenters. The number of pyridine rings is 2. The fourth-order valence-corrected chi connectivity index (χ4v) is 7.18. The highest BCUT2D eigenvalue weighted by Crippen LogP contribution is 2.31. The molecule has 3 heterocycles. The fraction of sp³-hybridized carbons (Fsp3) is 0.535. The lowest BCUT2D eigenvalue weighted by atomic mass is 10.0. The summed E-state index contributed by atoms with van der Waals surface area (Å²) in [5, 5.41) is 8.99. The first kappa shape index (κ1) is 41.5. The monoisotopic (exact) mass is 726 g/mol. The Hall–Kier alpha value is -4.28. The number of anilines is 2. The minimum absolute atomic E-state index is 0.315. The van der Waals surface area contributed by atoms with Gasteiger partial charge in [-0.15, -0.1) is 0 Å². The van der Waals surface area contributed by atoms with Gasteiger partial charge >= 0.3 is 11.9 Å². The Kier molecular flexibility index (Phi) is 16.3. The van der Waals surface area contributed by atoms with Gasteiger partial charge in [0.1, 0.15) is 11.1 Å². The number of benzene rings is 2. The maximum Gasteiger partial charge on any atom is 0.341 e. The Labute approximate surface area is 317 Å². The van der Waals surface area contributed by atoms with Crippen LogP contribution < -0.4 is 10.6 Å². The van der Waals surface area contributed by atoms with E-state index in [0.29, 0.717) is 24.3 Å². The summed E-state index contributed by atoms with van der Waals surface area (Å²) in [6.45, 7) is 25.3. The number of nitrogens with one attached hydrogen (secondary N) is 2. The van der Waals surface area contributed by atoms with Crippen LogP contribution in [0, 0.1) is 27.7 Å². The molecule has 1 aliphatic heterocycles. The summed E-state index contributed by atoms with van der Waals surface area (Å²) in [7, 11) is 0. The lowest BCUT2D eigenvalue weighted by molar-refractivity contribution is 0.0517. The van der Waals surface area contributed by atoms with Crippen molar-refractivity contribution >= 4 is 45.1 Å². The molecule has 288 valence electrons. The molecule has 0 unspecified atom stereocenters. The van der Waals surface area contributed by atoms with E-state index in [-0.39, 0.29) is 11.9 Å². The van der Waals surface area contributed by atoms with Crippen molar-refractivity contribution in [3.63, 3.8) is 0 Å². The van der Waals surface area contributed by atoms with Crippen LogP contribution in [-0.4, -0.2) is 97.3 Å². The van der Waals surface area contributed by atoms with Crippen LogP contribution in [0.4, 0.5) is 11.4 Å². The fourth-order valence-electron chi connectivity index (χ4n) is 7.18. The molecule has 0 bridgehead atoms. The summed E-state index contributed by atoms with van der Waals surface area (Å²) in [5.74, 6) is -0.642. The standard InChI is InChI=1S/C22H31N3O2.C21H31N3O2/c1-4-27-22(26)19-15-24-20-17(3)13-16(2)14-18(20)21(19)23-9-8-12-25-10-6-5-7-11-25;1-6-24(7-2)11-9-10-22-20-17-13-15(4)12-16(5)19(17)23-14-18(20)21(25)26-8-3/h13-15H,4-12H2,1-3H3,(H,23,24);12-14H,6-11H2,1-5H3,(H,22,23). The van der Waals surface area contributed by atoms with Crippen molar-refractivity contribution < 1.29 is 19.1 Å². The highest BCUT2D eigenvalue weighted by atomic mass is 16.5. The first-order valence-corrected chi connectivity index (χ1v) is 19.7. The average Bonchev–Trinajstić information content (AvgIpc) is 3.14. The van der Waals surface area contributed by atoms with E-state index < -0.39 is 0 Å². The number of carbonyl (C=O) groups excluding carboxylic acids is 2. The molecule has 1 aliphatic rings. The van der Waals surface area contributed by atoms with Crippen LogP contribution in [0.5, 0.6) is 0 Å². The summed E-state index contributed by atoms with van der Waals surface area (Å²) in [5.41, 5.74) is 9.13. The Morgan fingerprint density at radius 3 is 1.62 bits per heavy atom. The zero-order chi connectivity index (χ0) is 38.3. The van der Waals surface area contributed by atoms with Crippen LogP contribution in [0.3, 0.4) is 0 Å². The van der Waals surface area contributed by atoms with E-state index in [4.69, 9.17) is 9.47 Å². The molecular formula is C43H62N6O4. The highest BCUT2D eigenvalue weighted by Gasteiger charge is 2.19. The minimum Gasteiger partial charge on any atom is -0.462 e. The molecule has 2 N–H and O–H groups in total. The van der Waals surface area contributed by atoms with Crippen LogP contribution in [-0.2, 0) is 9.47 Å². The number of hydrogen-bond donors (Lipinski definition) is 2. The van der Waals surface area contributed by atoms with Gasteiger partial charge in [0, 0.05) is 36.3 Å². The molecule has 0 amide bonds. The summed E-state index contributed by atoms with van der Waals surface area (Å²) < 4.78 is 10.5. The molecule has 53 heavy (non-hydrogen) atoms. The molecule has 1 saturated heterocycles. The van der Waals surface area contributed by atoms with Gasteiger partial charge in [0.05, 0.1) is 35.6 Å². The number of nitrogens with zero attached hydrogens (tertiary/aromatic N) is 4. The third kappa shape index (κ3) is 11.4. The van der Waals surface area contributed by atoms with Crippen molar-refractivity contribution in [3.05, 3.63) is 70.0 Å². The van der Waals surface area contributed by atoms with Gasteiger partial charge in [-0.1, -0.05) is 43.5 Å². The van der Waals surface area contributed by atoms with E-state index in [1.54, 1.807) is 12.4 Å². The Morgan fingerprint density at radius 1 is 0.698 bits per heavy atom. The molecule has 0 aliphatic carbocycles. The van der Waals surface area contributed by atoms with E-state index in [9.17, 15) is 9.59 Å². The second-order valence-corrected chi connectivity index (χ2v) is 14.0. The number of hydrogen-bond acceptors (Lipinski definition) is 10. The normalized spacial score (nSPS) is 13.2. The lowest BCUT2D eigenvalue weighted by Crippen LogP contribution is -2.31. The number of ether oxygens (including phenoxy) is 2. The smallest absolute Gasteiger partial charge is 0.341 e. The molecule has 0 radical (unpaired) electrons. The number of aryl methyl sites for hydroxylation is 4. The van der Waals surface area contributed by atoms with Gasteiger partial charge in [-0.2, -0.15) is 0 Å². The summed E-state index contributed by atoms with van der Waals surface area (Å²) in [6, 6.07) is 8.43. The molecule has 10 heteroatoms. The number of carbonyl (C=O) groups is 2. The van der Waals surface area contributed by atoms with Crippen molar-refractivity contribution in [1.29, 1.82) is 0 Å². The van der Waals surface area contributed by atoms with Gasteiger partial charge in [0.25, 0.3) is 0 Å². The summed E-state index contributed by atoms with van der Waals surface area (Å²) >= 11 is 0. The van der Waals surface area contributed by atoms with Crippen molar-refractivity contribution in [2.45, 2.75) is 87.5 Å². The number of esters is 2. The van der Waals surface area contributed by atoms with Crippen LogP contribution in [0.1, 0.15) is 103 Å². The van der Waals surface area contributed by atoms with Crippen LogP contribution in [0.25, 0.3) is 21.8 Å². The third-order valence-electron chi connectivity index (χ3n) is 9.85. The largest absolute Gasteiger partial charge is 0.462 e. The molecule has 5 rings (SSSR count). The zero-order valence-corrected chi connectivity index (χ0v) is 33.5. The number of fused-ring (bicyclic) bond motifs is 2. The maximum absolute atomic E-state index is 12.4. The number of rotatable bonds is 16. The van der Waals surface area contributed by atoms with Gasteiger partial charge in [-0.05, 0) is 130 Å². The topological polar surface area (TPSA) is 109 Å². The van der Waals surface area contributed by atoms with Gasteiger partial charge in [0.2, 0.25) is 0 Å². The lowest BCUT2D eigenvalue weighted by Gasteiger charge is -2.26. The molecule has 0 spiro atoms. The molecule has 0 saturated carbocycles. The van der Waals surface area contributed by atoms with E-state index >= 15 is 0 Å². The SMILES string of the molecule is CCOC(=O)c1cnc2c(C)cc(C)cc2c1NCCCN(CC)CC.CCOC(=O)c1cnc2c(C)cc(C)cc2c1NCCCN1CCCCC1. The number of piperidine rings is 1. The van der Waals surface area contributed by atoms with Gasteiger partial charge in [0.15, 0.2) is 0 Å². The van der Waals surface area contributed by atoms with Crippen molar-refractivity contribution in [2.75, 3.05) is 76.2 Å². The van der Waals surface area contributed by atoms with Crippen molar-refractivity contribution in [3.8, 4) is 0 Å².